The minimum Gasteiger partial charge on any atom is -0.355 e. The summed E-state index contributed by atoms with van der Waals surface area (Å²) in [5.41, 5.74) is 3.55. The van der Waals surface area contributed by atoms with Crippen LogP contribution in [-0.2, 0) is 9.59 Å². The Morgan fingerprint density at radius 3 is 2.74 bits per heavy atom. The quantitative estimate of drug-likeness (QED) is 0.809. The van der Waals surface area contributed by atoms with Crippen LogP contribution >= 0.6 is 0 Å². The summed E-state index contributed by atoms with van der Waals surface area (Å²) in [4.78, 5) is 26.9. The van der Waals surface area contributed by atoms with Gasteiger partial charge in [-0.1, -0.05) is 25.1 Å². The van der Waals surface area contributed by atoms with E-state index >= 15 is 0 Å². The lowest BCUT2D eigenvalue weighted by molar-refractivity contribution is -0.131. The number of amides is 2. The first-order valence-electron chi connectivity index (χ1n) is 9.43. The number of aromatic nitrogens is 2. The third-order valence-corrected chi connectivity index (χ3v) is 4.85. The molecule has 0 spiro atoms. The zero-order chi connectivity index (χ0) is 19.4. The molecule has 1 aliphatic heterocycles. The Bertz CT molecular complexity index is 815. The van der Waals surface area contributed by atoms with Crippen molar-refractivity contribution >= 4 is 11.8 Å². The molecule has 2 heterocycles. The second kappa shape index (κ2) is 8.35. The molecule has 1 aliphatic rings. The SMILES string of the molecule is CCCNC(=O)CN1CCNC(=O)C1c1c(C)nn(-c2ccccc2)c1C. The van der Waals surface area contributed by atoms with Crippen molar-refractivity contribution < 1.29 is 9.59 Å². The van der Waals surface area contributed by atoms with Gasteiger partial charge in [0.15, 0.2) is 0 Å². The molecule has 1 unspecified atom stereocenters. The van der Waals surface area contributed by atoms with Gasteiger partial charge in [0.1, 0.15) is 6.04 Å². The fourth-order valence-electron chi connectivity index (χ4n) is 3.57. The summed E-state index contributed by atoms with van der Waals surface area (Å²) in [5.74, 6) is -0.134. The Morgan fingerprint density at radius 1 is 1.30 bits per heavy atom. The third kappa shape index (κ3) is 4.03. The average Bonchev–Trinajstić information content (AvgIpc) is 2.95. The van der Waals surface area contributed by atoms with Crippen LogP contribution < -0.4 is 10.6 Å². The lowest BCUT2D eigenvalue weighted by atomic mass is 10.00. The van der Waals surface area contributed by atoms with Crippen LogP contribution in [0.15, 0.2) is 30.3 Å². The van der Waals surface area contributed by atoms with Gasteiger partial charge in [0.25, 0.3) is 0 Å². The van der Waals surface area contributed by atoms with Gasteiger partial charge < -0.3 is 10.6 Å². The number of aryl methyl sites for hydroxylation is 1. The van der Waals surface area contributed by atoms with E-state index in [4.69, 9.17) is 0 Å². The molecule has 7 heteroatoms. The molecule has 1 saturated heterocycles. The van der Waals surface area contributed by atoms with Gasteiger partial charge in [-0.15, -0.1) is 0 Å². The summed E-state index contributed by atoms with van der Waals surface area (Å²) in [6.07, 6.45) is 0.887. The van der Waals surface area contributed by atoms with Gasteiger partial charge >= 0.3 is 0 Å². The Hall–Kier alpha value is -2.67. The molecule has 0 aliphatic carbocycles. The first kappa shape index (κ1) is 19.1. The number of carbonyl (C=O) groups excluding carboxylic acids is 2. The van der Waals surface area contributed by atoms with E-state index in [2.05, 4.69) is 15.7 Å². The highest BCUT2D eigenvalue weighted by Gasteiger charge is 2.36. The molecule has 0 bridgehead atoms. The fourth-order valence-corrected chi connectivity index (χ4v) is 3.57. The van der Waals surface area contributed by atoms with Crippen LogP contribution in [0.5, 0.6) is 0 Å². The van der Waals surface area contributed by atoms with Crippen LogP contribution in [0.3, 0.4) is 0 Å². The number of nitrogens with zero attached hydrogens (tertiary/aromatic N) is 3. The molecule has 2 N–H and O–H groups in total. The number of para-hydroxylation sites is 1. The Kier molecular flexibility index (Phi) is 5.91. The van der Waals surface area contributed by atoms with Crippen LogP contribution in [0.4, 0.5) is 0 Å². The number of hydrogen-bond donors (Lipinski definition) is 2. The van der Waals surface area contributed by atoms with Gasteiger partial charge in [-0.2, -0.15) is 5.10 Å². The molecule has 1 aromatic carbocycles. The van der Waals surface area contributed by atoms with Crippen molar-refractivity contribution in [3.8, 4) is 5.69 Å². The maximum Gasteiger partial charge on any atom is 0.242 e. The Balaban J connectivity index is 1.93. The molecular weight excluding hydrogens is 342 g/mol. The molecule has 1 aromatic heterocycles. The number of piperazine rings is 1. The Morgan fingerprint density at radius 2 is 2.04 bits per heavy atom. The number of nitrogens with one attached hydrogen (secondary N) is 2. The predicted molar refractivity (Wildman–Crippen MR) is 104 cm³/mol. The van der Waals surface area contributed by atoms with Gasteiger partial charge in [0, 0.05) is 30.9 Å². The van der Waals surface area contributed by atoms with Crippen molar-refractivity contribution in [2.24, 2.45) is 0 Å². The third-order valence-electron chi connectivity index (χ3n) is 4.85. The van der Waals surface area contributed by atoms with E-state index in [1.165, 1.54) is 0 Å². The molecular formula is C20H27N5O2. The average molecular weight is 369 g/mol. The molecule has 2 amide bonds. The van der Waals surface area contributed by atoms with E-state index in [0.717, 1.165) is 29.1 Å². The minimum atomic E-state index is -0.511. The standard InChI is InChI=1S/C20H27N5O2/c1-4-10-21-17(26)13-24-12-11-22-20(27)19(24)18-14(2)23-25(15(18)3)16-8-6-5-7-9-16/h5-9,19H,4,10-13H2,1-3H3,(H,21,26)(H,22,27). The van der Waals surface area contributed by atoms with Gasteiger partial charge in [-0.25, -0.2) is 4.68 Å². The number of rotatable bonds is 6. The maximum absolute atomic E-state index is 12.7. The highest BCUT2D eigenvalue weighted by molar-refractivity contribution is 5.86. The topological polar surface area (TPSA) is 79.3 Å². The first-order chi connectivity index (χ1) is 13.0. The highest BCUT2D eigenvalue weighted by Crippen LogP contribution is 2.30. The summed E-state index contributed by atoms with van der Waals surface area (Å²) < 4.78 is 1.86. The molecule has 144 valence electrons. The second-order valence-corrected chi connectivity index (χ2v) is 6.85. The van der Waals surface area contributed by atoms with Gasteiger partial charge in [0.05, 0.1) is 17.9 Å². The van der Waals surface area contributed by atoms with Gasteiger partial charge in [0.2, 0.25) is 11.8 Å². The number of carbonyl (C=O) groups is 2. The van der Waals surface area contributed by atoms with Crippen LogP contribution in [-0.4, -0.2) is 52.7 Å². The van der Waals surface area contributed by atoms with Crippen molar-refractivity contribution in [3.63, 3.8) is 0 Å². The van der Waals surface area contributed by atoms with E-state index in [9.17, 15) is 9.59 Å². The molecule has 0 radical (unpaired) electrons. The normalized spacial score (nSPS) is 17.6. The van der Waals surface area contributed by atoms with E-state index in [1.54, 1.807) is 0 Å². The minimum absolute atomic E-state index is 0.0534. The van der Waals surface area contributed by atoms with Crippen molar-refractivity contribution in [1.82, 2.24) is 25.3 Å². The molecule has 7 nitrogen and oxygen atoms in total. The zero-order valence-electron chi connectivity index (χ0n) is 16.2. The van der Waals surface area contributed by atoms with Crippen molar-refractivity contribution in [2.75, 3.05) is 26.2 Å². The van der Waals surface area contributed by atoms with Crippen LogP contribution in [0.2, 0.25) is 0 Å². The first-order valence-corrected chi connectivity index (χ1v) is 9.43. The fraction of sp³-hybridized carbons (Fsp3) is 0.450. The van der Waals surface area contributed by atoms with Gasteiger partial charge in [-0.05, 0) is 32.4 Å². The van der Waals surface area contributed by atoms with E-state index in [-0.39, 0.29) is 18.4 Å². The lowest BCUT2D eigenvalue weighted by Crippen LogP contribution is -2.52. The number of benzene rings is 1. The van der Waals surface area contributed by atoms with Crippen LogP contribution in [0.1, 0.15) is 36.3 Å². The van der Waals surface area contributed by atoms with Gasteiger partial charge in [-0.3, -0.25) is 14.5 Å². The highest BCUT2D eigenvalue weighted by atomic mass is 16.2. The maximum atomic E-state index is 12.7. The van der Waals surface area contributed by atoms with Crippen molar-refractivity contribution in [2.45, 2.75) is 33.2 Å². The van der Waals surface area contributed by atoms with Crippen LogP contribution in [0.25, 0.3) is 5.69 Å². The predicted octanol–water partition coefficient (Wildman–Crippen LogP) is 1.49. The van der Waals surface area contributed by atoms with Crippen molar-refractivity contribution in [3.05, 3.63) is 47.3 Å². The zero-order valence-corrected chi connectivity index (χ0v) is 16.2. The van der Waals surface area contributed by atoms with Crippen LogP contribution in [0, 0.1) is 13.8 Å². The Labute approximate surface area is 159 Å². The second-order valence-electron chi connectivity index (χ2n) is 6.85. The molecule has 1 fully saturated rings. The molecule has 2 aromatic rings. The van der Waals surface area contributed by atoms with E-state index in [0.29, 0.717) is 19.6 Å². The summed E-state index contributed by atoms with van der Waals surface area (Å²) in [5, 5.41) is 10.5. The molecule has 1 atom stereocenters. The molecule has 0 saturated carbocycles. The smallest absolute Gasteiger partial charge is 0.242 e. The summed E-state index contributed by atoms with van der Waals surface area (Å²) in [6.45, 7) is 7.92. The molecule has 27 heavy (non-hydrogen) atoms. The summed E-state index contributed by atoms with van der Waals surface area (Å²) >= 11 is 0. The van der Waals surface area contributed by atoms with E-state index in [1.807, 2.05) is 60.7 Å². The largest absolute Gasteiger partial charge is 0.355 e. The molecule has 3 rings (SSSR count). The van der Waals surface area contributed by atoms with Crippen molar-refractivity contribution in [1.29, 1.82) is 0 Å². The number of hydrogen-bond acceptors (Lipinski definition) is 4. The van der Waals surface area contributed by atoms with E-state index < -0.39 is 6.04 Å². The monoisotopic (exact) mass is 369 g/mol. The summed E-state index contributed by atoms with van der Waals surface area (Å²) in [7, 11) is 0. The lowest BCUT2D eigenvalue weighted by Gasteiger charge is -2.34. The summed E-state index contributed by atoms with van der Waals surface area (Å²) in [6, 6.07) is 9.34.